The minimum Gasteiger partial charge on any atom is -0.328 e. The van der Waals surface area contributed by atoms with E-state index in [9.17, 15) is 27.2 Å². The van der Waals surface area contributed by atoms with E-state index in [2.05, 4.69) is 20.5 Å². The Balaban J connectivity index is 1.42. The molecule has 0 fully saturated rings. The third kappa shape index (κ3) is 4.16. The number of nitrogens with one attached hydrogen (secondary N) is 2. The van der Waals surface area contributed by atoms with Crippen molar-refractivity contribution in [2.45, 2.75) is 25.6 Å². The van der Waals surface area contributed by atoms with Crippen LogP contribution in [0.4, 0.5) is 23.2 Å². The standard InChI is InChI=1S/C25H19F4N5O2/c1-13-18-12-16(6-4-14(18)8-10-34(13)24(36)25(27,28)29)31-23(35)21-19-11-15(5-7-20(19)32-33-21)17-3-2-9-30-22(17)26/h2-7,9,11-13H,8,10H2,1H3,(H,31,35)(H,32,33). The molecule has 4 aromatic rings. The van der Waals surface area contributed by atoms with Crippen molar-refractivity contribution in [2.75, 3.05) is 11.9 Å². The first-order chi connectivity index (χ1) is 17.1. The molecule has 0 saturated carbocycles. The third-order valence-electron chi connectivity index (χ3n) is 6.29. The molecule has 0 aliphatic carbocycles. The molecule has 0 radical (unpaired) electrons. The average molecular weight is 497 g/mol. The second-order valence-corrected chi connectivity index (χ2v) is 8.46. The van der Waals surface area contributed by atoms with Crippen LogP contribution in [0.2, 0.25) is 0 Å². The molecule has 36 heavy (non-hydrogen) atoms. The molecular formula is C25H19F4N5O2. The highest BCUT2D eigenvalue weighted by atomic mass is 19.4. The number of anilines is 1. The molecule has 0 bridgehead atoms. The van der Waals surface area contributed by atoms with Crippen LogP contribution < -0.4 is 5.32 Å². The van der Waals surface area contributed by atoms with E-state index >= 15 is 0 Å². The summed E-state index contributed by atoms with van der Waals surface area (Å²) in [5.74, 6) is -3.09. The van der Waals surface area contributed by atoms with Gasteiger partial charge in [-0.05, 0) is 66.4 Å². The van der Waals surface area contributed by atoms with Crippen LogP contribution in [-0.2, 0) is 11.2 Å². The minimum absolute atomic E-state index is 0.0443. The molecule has 0 spiro atoms. The highest BCUT2D eigenvalue weighted by Gasteiger charge is 2.45. The number of fused-ring (bicyclic) bond motifs is 2. The van der Waals surface area contributed by atoms with E-state index < -0.39 is 30.0 Å². The van der Waals surface area contributed by atoms with Gasteiger partial charge in [-0.1, -0.05) is 12.1 Å². The largest absolute Gasteiger partial charge is 0.471 e. The fourth-order valence-corrected chi connectivity index (χ4v) is 4.48. The van der Waals surface area contributed by atoms with Gasteiger partial charge in [0, 0.05) is 29.4 Å². The van der Waals surface area contributed by atoms with E-state index in [1.165, 1.54) is 13.1 Å². The third-order valence-corrected chi connectivity index (χ3v) is 6.29. The number of alkyl halides is 3. The van der Waals surface area contributed by atoms with Gasteiger partial charge in [-0.3, -0.25) is 14.7 Å². The molecule has 2 N–H and O–H groups in total. The normalized spacial score (nSPS) is 15.6. The SMILES string of the molecule is CC1c2cc(NC(=O)c3n[nH]c4ccc(-c5cccnc5F)cc34)ccc2CCN1C(=O)C(F)(F)F. The van der Waals surface area contributed by atoms with Crippen LogP contribution in [0.1, 0.15) is 34.6 Å². The van der Waals surface area contributed by atoms with Crippen molar-refractivity contribution in [3.05, 3.63) is 77.5 Å². The lowest BCUT2D eigenvalue weighted by Gasteiger charge is -2.35. The van der Waals surface area contributed by atoms with E-state index in [0.717, 1.165) is 10.5 Å². The maximum atomic E-state index is 14.2. The number of carbonyl (C=O) groups is 2. The number of aromatic amines is 1. The summed E-state index contributed by atoms with van der Waals surface area (Å²) in [6, 6.07) is 12.3. The van der Waals surface area contributed by atoms with E-state index in [0.29, 0.717) is 27.7 Å². The van der Waals surface area contributed by atoms with Gasteiger partial charge in [0.2, 0.25) is 5.95 Å². The second kappa shape index (κ2) is 8.74. The van der Waals surface area contributed by atoms with Gasteiger partial charge in [0.15, 0.2) is 5.69 Å². The van der Waals surface area contributed by atoms with Crippen molar-refractivity contribution >= 4 is 28.4 Å². The molecule has 3 heterocycles. The first-order valence-electron chi connectivity index (χ1n) is 11.0. The number of nitrogens with zero attached hydrogens (tertiary/aromatic N) is 3. The van der Waals surface area contributed by atoms with Crippen molar-refractivity contribution in [1.82, 2.24) is 20.1 Å². The van der Waals surface area contributed by atoms with Crippen molar-refractivity contribution in [2.24, 2.45) is 0 Å². The summed E-state index contributed by atoms with van der Waals surface area (Å²) in [7, 11) is 0. The molecule has 1 atom stereocenters. The summed E-state index contributed by atoms with van der Waals surface area (Å²) < 4.78 is 53.1. The van der Waals surface area contributed by atoms with Crippen LogP contribution in [0.5, 0.6) is 0 Å². The van der Waals surface area contributed by atoms with E-state index in [-0.39, 0.29) is 24.2 Å². The smallest absolute Gasteiger partial charge is 0.328 e. The molecule has 2 aromatic heterocycles. The van der Waals surface area contributed by atoms with Gasteiger partial charge < -0.3 is 10.2 Å². The van der Waals surface area contributed by atoms with Crippen LogP contribution in [-0.4, -0.2) is 44.6 Å². The highest BCUT2D eigenvalue weighted by Crippen LogP contribution is 2.34. The maximum absolute atomic E-state index is 14.2. The number of pyridine rings is 1. The first-order valence-corrected chi connectivity index (χ1v) is 11.0. The van der Waals surface area contributed by atoms with Crippen LogP contribution in [0.25, 0.3) is 22.0 Å². The number of benzene rings is 2. The quantitative estimate of drug-likeness (QED) is 0.307. The molecule has 2 aromatic carbocycles. The van der Waals surface area contributed by atoms with Crippen molar-refractivity contribution < 1.29 is 27.2 Å². The number of aromatic nitrogens is 3. The van der Waals surface area contributed by atoms with Gasteiger partial charge in [-0.25, -0.2) is 4.98 Å². The maximum Gasteiger partial charge on any atom is 0.471 e. The number of rotatable bonds is 3. The molecule has 0 saturated heterocycles. The zero-order valence-electron chi connectivity index (χ0n) is 18.9. The Morgan fingerprint density at radius 3 is 2.69 bits per heavy atom. The summed E-state index contributed by atoms with van der Waals surface area (Å²) in [5, 5.41) is 10.0. The number of H-pyrrole nitrogens is 1. The Morgan fingerprint density at radius 2 is 1.94 bits per heavy atom. The molecule has 184 valence electrons. The molecule has 11 heteroatoms. The van der Waals surface area contributed by atoms with Gasteiger partial charge in [0.25, 0.3) is 5.91 Å². The fourth-order valence-electron chi connectivity index (χ4n) is 4.48. The van der Waals surface area contributed by atoms with Crippen LogP contribution in [0.15, 0.2) is 54.7 Å². The summed E-state index contributed by atoms with van der Waals surface area (Å²) in [5.41, 5.74) is 3.09. The Kier molecular flexibility index (Phi) is 5.70. The Bertz CT molecular complexity index is 1500. The summed E-state index contributed by atoms with van der Waals surface area (Å²) in [6.07, 6.45) is -3.35. The molecule has 1 aliphatic heterocycles. The number of hydrogen-bond donors (Lipinski definition) is 2. The number of hydrogen-bond acceptors (Lipinski definition) is 4. The Labute approximate surface area is 202 Å². The minimum atomic E-state index is -4.96. The monoisotopic (exact) mass is 497 g/mol. The van der Waals surface area contributed by atoms with Gasteiger partial charge in [0.05, 0.1) is 11.6 Å². The average Bonchev–Trinajstić information content (AvgIpc) is 3.27. The molecule has 1 aliphatic rings. The lowest BCUT2D eigenvalue weighted by molar-refractivity contribution is -0.188. The first kappa shape index (κ1) is 23.5. The summed E-state index contributed by atoms with van der Waals surface area (Å²) in [4.78, 5) is 29.3. The fraction of sp³-hybridized carbons (Fsp3) is 0.200. The Morgan fingerprint density at radius 1 is 1.14 bits per heavy atom. The van der Waals surface area contributed by atoms with Crippen molar-refractivity contribution in [3.8, 4) is 11.1 Å². The van der Waals surface area contributed by atoms with Gasteiger partial charge >= 0.3 is 12.1 Å². The predicted molar refractivity (Wildman–Crippen MR) is 124 cm³/mol. The van der Waals surface area contributed by atoms with Gasteiger partial charge in [-0.15, -0.1) is 0 Å². The number of amides is 2. The lowest BCUT2D eigenvalue weighted by atomic mass is 9.93. The molecule has 2 amide bonds. The number of halogens is 4. The second-order valence-electron chi connectivity index (χ2n) is 8.46. The molecular weight excluding hydrogens is 478 g/mol. The van der Waals surface area contributed by atoms with Crippen LogP contribution in [0.3, 0.4) is 0 Å². The van der Waals surface area contributed by atoms with Gasteiger partial charge in [-0.2, -0.15) is 22.7 Å². The predicted octanol–water partition coefficient (Wildman–Crippen LogP) is 5.02. The zero-order chi connectivity index (χ0) is 25.6. The van der Waals surface area contributed by atoms with Crippen LogP contribution in [0, 0.1) is 5.95 Å². The van der Waals surface area contributed by atoms with Crippen molar-refractivity contribution in [1.29, 1.82) is 0 Å². The summed E-state index contributed by atoms with van der Waals surface area (Å²) in [6.45, 7) is 1.48. The summed E-state index contributed by atoms with van der Waals surface area (Å²) >= 11 is 0. The van der Waals surface area contributed by atoms with Crippen LogP contribution >= 0.6 is 0 Å². The zero-order valence-corrected chi connectivity index (χ0v) is 18.9. The number of carbonyl (C=O) groups excluding carboxylic acids is 2. The Hall–Kier alpha value is -4.28. The topological polar surface area (TPSA) is 91.0 Å². The van der Waals surface area contributed by atoms with Crippen molar-refractivity contribution in [3.63, 3.8) is 0 Å². The van der Waals surface area contributed by atoms with E-state index in [1.54, 1.807) is 48.5 Å². The molecule has 1 unspecified atom stereocenters. The lowest BCUT2D eigenvalue weighted by Crippen LogP contribution is -2.45. The van der Waals surface area contributed by atoms with Gasteiger partial charge in [0.1, 0.15) is 0 Å². The van der Waals surface area contributed by atoms with E-state index in [4.69, 9.17) is 0 Å². The highest BCUT2D eigenvalue weighted by molar-refractivity contribution is 6.11. The molecule has 5 rings (SSSR count). The van der Waals surface area contributed by atoms with E-state index in [1.807, 2.05) is 0 Å². The molecule has 7 nitrogen and oxygen atoms in total.